The van der Waals surface area contributed by atoms with Crippen molar-refractivity contribution in [3.8, 4) is 0 Å². The minimum Gasteiger partial charge on any atom is -0.478 e. The molecule has 4 fully saturated rings. The zero-order valence-electron chi connectivity index (χ0n) is 25.4. The van der Waals surface area contributed by atoms with Gasteiger partial charge < -0.3 is 39.0 Å². The summed E-state index contributed by atoms with van der Waals surface area (Å²) in [5.41, 5.74) is -0.0937. The molecule has 0 amide bonds. The second-order valence-corrected chi connectivity index (χ2v) is 11.8. The van der Waals surface area contributed by atoms with Crippen LogP contribution in [-0.2, 0) is 23.7 Å². The molecule has 2 aromatic rings. The number of aromatic carboxylic acids is 1. The van der Waals surface area contributed by atoms with Crippen LogP contribution in [0.4, 0.5) is 0 Å². The molecule has 3 N–H and O–H groups in total. The average molecular weight is 625 g/mol. The summed E-state index contributed by atoms with van der Waals surface area (Å²) in [7, 11) is 1.34. The highest BCUT2D eigenvalue weighted by Crippen LogP contribution is 2.42. The Kier molecular flexibility index (Phi) is 10.1. The van der Waals surface area contributed by atoms with E-state index in [1.54, 1.807) is 42.6 Å². The molecule has 0 atom stereocenters. The third kappa shape index (κ3) is 8.40. The van der Waals surface area contributed by atoms with E-state index in [1.165, 1.54) is 25.4 Å². The van der Waals surface area contributed by atoms with Gasteiger partial charge in [0.15, 0.2) is 11.6 Å². The van der Waals surface area contributed by atoms with Crippen LogP contribution in [0.5, 0.6) is 0 Å². The fourth-order valence-corrected chi connectivity index (χ4v) is 5.97. The predicted octanol–water partition coefficient (Wildman–Crippen LogP) is 3.77. The molecule has 2 aromatic heterocycles. The fourth-order valence-electron chi connectivity index (χ4n) is 5.97. The van der Waals surface area contributed by atoms with Gasteiger partial charge in [-0.05, 0) is 62.1 Å². The Morgan fingerprint density at radius 3 is 1.51 bits per heavy atom. The van der Waals surface area contributed by atoms with E-state index in [-0.39, 0.29) is 5.56 Å². The first kappa shape index (κ1) is 32.9. The van der Waals surface area contributed by atoms with Crippen LogP contribution in [0, 0.1) is 0 Å². The molecule has 4 heterocycles. The number of carboxylic acids is 1. The van der Waals surface area contributed by atoms with Crippen molar-refractivity contribution >= 4 is 24.1 Å². The van der Waals surface area contributed by atoms with E-state index in [9.17, 15) is 19.8 Å². The molecule has 6 rings (SSSR count). The summed E-state index contributed by atoms with van der Waals surface area (Å²) in [6.07, 6.45) is 14.7. The van der Waals surface area contributed by atoms with E-state index < -0.39 is 34.7 Å². The van der Waals surface area contributed by atoms with Crippen LogP contribution in [0.3, 0.4) is 0 Å². The lowest BCUT2D eigenvalue weighted by molar-refractivity contribution is -0.196. The second-order valence-electron chi connectivity index (χ2n) is 11.8. The summed E-state index contributed by atoms with van der Waals surface area (Å²) >= 11 is 0. The molecular formula is C33H40N2O10. The van der Waals surface area contributed by atoms with Gasteiger partial charge in [-0.15, -0.1) is 0 Å². The normalized spacial score (nSPS) is 25.0. The molecule has 12 heteroatoms. The lowest BCUT2D eigenvalue weighted by Crippen LogP contribution is -2.42. The zero-order valence-corrected chi connectivity index (χ0v) is 25.4. The van der Waals surface area contributed by atoms with Crippen molar-refractivity contribution in [2.24, 2.45) is 0 Å². The van der Waals surface area contributed by atoms with Crippen LogP contribution in [0.25, 0.3) is 12.2 Å². The van der Waals surface area contributed by atoms with Crippen molar-refractivity contribution < 1.29 is 48.6 Å². The number of hydrogen-bond acceptors (Lipinski definition) is 11. The fraction of sp³-hybridized carbons (Fsp3) is 0.515. The molecule has 45 heavy (non-hydrogen) atoms. The lowest BCUT2D eigenvalue weighted by atomic mass is 9.81. The number of aliphatic hydroxyl groups is 2. The third-order valence-electron chi connectivity index (χ3n) is 8.74. The zero-order chi connectivity index (χ0) is 32.0. The maximum absolute atomic E-state index is 11.5. The molecule has 2 aliphatic carbocycles. The average Bonchev–Trinajstić information content (AvgIpc) is 3.73. The summed E-state index contributed by atoms with van der Waals surface area (Å²) in [5.74, 6) is -2.41. The first-order valence-electron chi connectivity index (χ1n) is 15.2. The quantitative estimate of drug-likeness (QED) is 0.399. The lowest BCUT2D eigenvalue weighted by Gasteiger charge is -2.39. The van der Waals surface area contributed by atoms with E-state index in [4.69, 9.17) is 28.8 Å². The van der Waals surface area contributed by atoms with Crippen molar-refractivity contribution in [3.63, 3.8) is 0 Å². The third-order valence-corrected chi connectivity index (χ3v) is 8.74. The number of carboxylic acid groups (broad SMARTS) is 1. The largest absolute Gasteiger partial charge is 0.478 e. The van der Waals surface area contributed by atoms with Crippen LogP contribution >= 0.6 is 0 Å². The standard InChI is InChI=1S/C17H21NO5.C16H19NO5/c1-21-15(19)13-3-9-18-14(12-13)2-4-16(20)5-7-17(8-6-16)22-10-11-23-17;18-14(19)12-2-8-17-13(11-12)1-3-15(20)4-6-16(7-5-15)21-9-10-22-16/h2-4,9,12,20H,5-8,10-11H2,1H3;1-3,8,11,20H,4-7,9-10H2,(H,18,19)/b4-2+;3-1+. The van der Waals surface area contributed by atoms with Gasteiger partial charge in [0, 0.05) is 38.1 Å². The van der Waals surface area contributed by atoms with Crippen molar-refractivity contribution in [1.82, 2.24) is 9.97 Å². The topological polar surface area (TPSA) is 167 Å². The smallest absolute Gasteiger partial charge is 0.337 e. The SMILES string of the molecule is COC(=O)c1ccnc(/C=C/C2(O)CCC3(CC2)OCCO3)c1.O=C(O)c1ccnc(/C=C/C2(O)CCC3(CC2)OCCO3)c1. The molecule has 2 spiro atoms. The van der Waals surface area contributed by atoms with E-state index in [0.29, 0.717) is 94.7 Å². The molecule has 0 unspecified atom stereocenters. The van der Waals surface area contributed by atoms with Gasteiger partial charge in [-0.3, -0.25) is 9.97 Å². The molecule has 2 aliphatic heterocycles. The van der Waals surface area contributed by atoms with Crippen LogP contribution in [0.1, 0.15) is 83.5 Å². The minimum atomic E-state index is -0.995. The number of ether oxygens (including phenoxy) is 5. The number of carbonyl (C=O) groups is 2. The number of rotatable bonds is 6. The highest BCUT2D eigenvalue weighted by molar-refractivity contribution is 5.89. The summed E-state index contributed by atoms with van der Waals surface area (Å²) in [4.78, 5) is 30.7. The highest BCUT2D eigenvalue weighted by Gasteiger charge is 2.45. The van der Waals surface area contributed by atoms with Crippen LogP contribution in [0.15, 0.2) is 48.8 Å². The first-order chi connectivity index (χ1) is 21.5. The number of nitrogens with zero attached hydrogens (tertiary/aromatic N) is 2. The molecular weight excluding hydrogens is 584 g/mol. The van der Waals surface area contributed by atoms with Gasteiger partial charge >= 0.3 is 11.9 Å². The number of hydrogen-bond donors (Lipinski definition) is 3. The van der Waals surface area contributed by atoms with Gasteiger partial charge in [0.05, 0.1) is 67.3 Å². The van der Waals surface area contributed by atoms with Gasteiger partial charge in [-0.2, -0.15) is 0 Å². The van der Waals surface area contributed by atoms with E-state index in [2.05, 4.69) is 9.97 Å². The Hall–Kier alpha value is -3.52. The summed E-state index contributed by atoms with van der Waals surface area (Å²) in [5, 5.41) is 30.3. The minimum absolute atomic E-state index is 0.178. The Labute approximate surface area is 261 Å². The van der Waals surface area contributed by atoms with Crippen LogP contribution in [-0.4, -0.2) is 93.5 Å². The molecule has 0 bridgehead atoms. The van der Waals surface area contributed by atoms with E-state index >= 15 is 0 Å². The Morgan fingerprint density at radius 2 is 1.11 bits per heavy atom. The van der Waals surface area contributed by atoms with E-state index in [1.807, 2.05) is 0 Å². The van der Waals surface area contributed by atoms with Gasteiger partial charge in [-0.25, -0.2) is 9.59 Å². The number of methoxy groups -OCH3 is 1. The molecule has 4 aliphatic rings. The predicted molar refractivity (Wildman–Crippen MR) is 161 cm³/mol. The number of pyridine rings is 2. The second kappa shape index (κ2) is 13.9. The number of esters is 1. The molecule has 2 saturated carbocycles. The van der Waals surface area contributed by atoms with Gasteiger partial charge in [0.1, 0.15) is 0 Å². The Bertz CT molecular complexity index is 1390. The molecule has 0 aromatic carbocycles. The Morgan fingerprint density at radius 1 is 0.711 bits per heavy atom. The van der Waals surface area contributed by atoms with Crippen LogP contribution in [0.2, 0.25) is 0 Å². The van der Waals surface area contributed by atoms with Crippen molar-refractivity contribution in [2.45, 2.75) is 74.1 Å². The number of aromatic nitrogens is 2. The molecule has 0 radical (unpaired) electrons. The molecule has 12 nitrogen and oxygen atoms in total. The van der Waals surface area contributed by atoms with Crippen molar-refractivity contribution in [2.75, 3.05) is 33.5 Å². The Balaban J connectivity index is 0.000000178. The monoisotopic (exact) mass is 624 g/mol. The molecule has 242 valence electrons. The van der Waals surface area contributed by atoms with Gasteiger partial charge in [-0.1, -0.05) is 12.2 Å². The van der Waals surface area contributed by atoms with Crippen molar-refractivity contribution in [1.29, 1.82) is 0 Å². The summed E-state index contributed by atoms with van der Waals surface area (Å²) in [6, 6.07) is 6.15. The maximum Gasteiger partial charge on any atom is 0.337 e. The first-order valence-corrected chi connectivity index (χ1v) is 15.2. The van der Waals surface area contributed by atoms with Gasteiger partial charge in [0.25, 0.3) is 0 Å². The van der Waals surface area contributed by atoms with Crippen molar-refractivity contribution in [3.05, 3.63) is 71.3 Å². The maximum atomic E-state index is 11.5. The summed E-state index contributed by atoms with van der Waals surface area (Å²) < 4.78 is 27.3. The van der Waals surface area contributed by atoms with Crippen LogP contribution < -0.4 is 0 Å². The summed E-state index contributed by atoms with van der Waals surface area (Å²) in [6.45, 7) is 2.47. The highest BCUT2D eigenvalue weighted by atomic mass is 16.7. The molecule has 2 saturated heterocycles. The van der Waals surface area contributed by atoms with E-state index in [0.717, 1.165) is 0 Å². The van der Waals surface area contributed by atoms with Gasteiger partial charge in [0.2, 0.25) is 0 Å². The number of carbonyl (C=O) groups excluding carboxylic acids is 1.